The van der Waals surface area contributed by atoms with Gasteiger partial charge in [-0.05, 0) is 19.2 Å². The van der Waals surface area contributed by atoms with Gasteiger partial charge in [-0.3, -0.25) is 4.79 Å². The van der Waals surface area contributed by atoms with Gasteiger partial charge in [0, 0.05) is 75.2 Å². The Morgan fingerprint density at radius 1 is 1.32 bits per heavy atom. The average Bonchev–Trinajstić information content (AvgIpc) is 3.21. The molecule has 0 aromatic heterocycles. The summed E-state index contributed by atoms with van der Waals surface area (Å²) < 4.78 is 12.2. The molecule has 34 heavy (non-hydrogen) atoms. The molecule has 2 fully saturated rings. The summed E-state index contributed by atoms with van der Waals surface area (Å²) in [5.74, 6) is 1.29. The second-order valence-corrected chi connectivity index (χ2v) is 9.48. The van der Waals surface area contributed by atoms with Gasteiger partial charge in [0.2, 0.25) is 0 Å². The van der Waals surface area contributed by atoms with Crippen LogP contribution < -0.4 is 20.3 Å². The van der Waals surface area contributed by atoms with Gasteiger partial charge in [-0.25, -0.2) is 4.99 Å². The van der Waals surface area contributed by atoms with Crippen LogP contribution >= 0.6 is 0 Å². The van der Waals surface area contributed by atoms with Crippen molar-refractivity contribution >= 4 is 29.7 Å². The summed E-state index contributed by atoms with van der Waals surface area (Å²) in [6, 6.07) is 4.13. The third-order valence-electron chi connectivity index (χ3n) is 7.23. The predicted molar refractivity (Wildman–Crippen MR) is 133 cm³/mol. The number of anilines is 2. The Hall–Kier alpha value is -3.17. The molecule has 5 rings (SSSR count). The summed E-state index contributed by atoms with van der Waals surface area (Å²) >= 11 is 0. The van der Waals surface area contributed by atoms with Crippen molar-refractivity contribution in [2.45, 2.75) is 25.4 Å². The molecule has 4 heterocycles. The van der Waals surface area contributed by atoms with Gasteiger partial charge in [-0.2, -0.15) is 0 Å². The van der Waals surface area contributed by atoms with Gasteiger partial charge in [-0.1, -0.05) is 6.92 Å². The molecule has 0 saturated carbocycles. The third kappa shape index (κ3) is 4.21. The molecule has 1 aromatic rings. The summed E-state index contributed by atoms with van der Waals surface area (Å²) in [6.45, 7) is 7.04. The lowest BCUT2D eigenvalue weighted by Crippen LogP contribution is -2.52. The Morgan fingerprint density at radius 3 is 2.85 bits per heavy atom. The smallest absolute Gasteiger partial charge is 0.261 e. The summed E-state index contributed by atoms with van der Waals surface area (Å²) in [5.41, 5.74) is 2.73. The molecule has 4 aliphatic heterocycles. The van der Waals surface area contributed by atoms with Crippen molar-refractivity contribution in [3.63, 3.8) is 0 Å². The van der Waals surface area contributed by atoms with Crippen molar-refractivity contribution < 1.29 is 14.3 Å². The SMILES string of the molecule is C[C@@H]1CN(C)CC[C@]12Cc1cc(NC(=O)/C(C=N)=C3\N=CC=CN3)c(N3CCOCC3)cc1O2. The number of ether oxygens (including phenoxy) is 2. The zero-order valence-corrected chi connectivity index (χ0v) is 19.8. The van der Waals surface area contributed by atoms with E-state index >= 15 is 0 Å². The molecule has 0 bridgehead atoms. The minimum atomic E-state index is -0.374. The van der Waals surface area contributed by atoms with Crippen molar-refractivity contribution in [3.8, 4) is 5.75 Å². The summed E-state index contributed by atoms with van der Waals surface area (Å²) in [5, 5.41) is 13.8. The van der Waals surface area contributed by atoms with Crippen LogP contribution in [0.15, 0.2) is 40.8 Å². The van der Waals surface area contributed by atoms with E-state index in [1.54, 1.807) is 18.5 Å². The van der Waals surface area contributed by atoms with Crippen molar-refractivity contribution in [2.75, 3.05) is 56.7 Å². The van der Waals surface area contributed by atoms with E-state index < -0.39 is 0 Å². The summed E-state index contributed by atoms with van der Waals surface area (Å²) in [6.07, 6.45) is 7.87. The molecule has 0 unspecified atom stereocenters. The van der Waals surface area contributed by atoms with E-state index in [0.29, 0.717) is 25.0 Å². The van der Waals surface area contributed by atoms with Crippen LogP contribution in [0.4, 0.5) is 11.4 Å². The van der Waals surface area contributed by atoms with Crippen molar-refractivity contribution in [3.05, 3.63) is 41.4 Å². The van der Waals surface area contributed by atoms with Crippen LogP contribution in [0, 0.1) is 11.3 Å². The largest absolute Gasteiger partial charge is 0.486 e. The van der Waals surface area contributed by atoms with E-state index in [1.807, 2.05) is 0 Å². The highest BCUT2D eigenvalue weighted by Gasteiger charge is 2.47. The first-order valence-corrected chi connectivity index (χ1v) is 11.9. The fourth-order valence-corrected chi connectivity index (χ4v) is 5.26. The monoisotopic (exact) mass is 464 g/mol. The zero-order chi connectivity index (χ0) is 23.7. The normalized spacial score (nSPS) is 27.7. The maximum atomic E-state index is 13.2. The Kier molecular flexibility index (Phi) is 6.14. The van der Waals surface area contributed by atoms with Gasteiger partial charge in [0.25, 0.3) is 5.91 Å². The number of benzene rings is 1. The second-order valence-electron chi connectivity index (χ2n) is 9.48. The van der Waals surface area contributed by atoms with E-state index in [9.17, 15) is 4.79 Å². The number of hydrogen-bond donors (Lipinski definition) is 3. The van der Waals surface area contributed by atoms with E-state index in [2.05, 4.69) is 51.5 Å². The van der Waals surface area contributed by atoms with Crippen LogP contribution in [0.2, 0.25) is 0 Å². The van der Waals surface area contributed by atoms with Crippen molar-refractivity contribution in [1.82, 2.24) is 10.2 Å². The molecule has 3 N–H and O–H groups in total. The molecule has 0 radical (unpaired) electrons. The standard InChI is InChI=1S/C25H32N6O3/c1-17-16-30(2)7-4-25(17)14-18-12-20(21(13-22(18)34-25)31-8-10-33-11-9-31)29-24(32)19(15-26)23-27-5-3-6-28-23/h3,5-6,12-13,15,17,26-27H,4,7-11,14,16H2,1-2H3,(H,29,32)/b23-19-,26-15?/t17-,25+/m1/s1. The highest BCUT2D eigenvalue weighted by atomic mass is 16.5. The molecule has 1 amide bonds. The number of fused-ring (bicyclic) bond motifs is 1. The fraction of sp³-hybridized carbons (Fsp3) is 0.480. The number of rotatable bonds is 4. The highest BCUT2D eigenvalue weighted by Crippen LogP contribution is 2.47. The number of nitrogens with one attached hydrogen (secondary N) is 3. The van der Waals surface area contributed by atoms with Gasteiger partial charge < -0.3 is 35.3 Å². The molecular formula is C25H32N6O3. The van der Waals surface area contributed by atoms with Crippen molar-refractivity contribution in [2.24, 2.45) is 10.9 Å². The van der Waals surface area contributed by atoms with Crippen LogP contribution in [-0.4, -0.2) is 75.3 Å². The zero-order valence-electron chi connectivity index (χ0n) is 19.8. The van der Waals surface area contributed by atoms with Gasteiger partial charge in [-0.15, -0.1) is 0 Å². The molecule has 1 spiro atoms. The number of aliphatic imine (C=N–C) groups is 1. The lowest BCUT2D eigenvalue weighted by Gasteiger charge is -2.42. The number of likely N-dealkylation sites (tertiary alicyclic amines) is 1. The number of amides is 1. The topological polar surface area (TPSA) is 102 Å². The number of allylic oxidation sites excluding steroid dienone is 1. The molecule has 2 saturated heterocycles. The lowest BCUT2D eigenvalue weighted by atomic mass is 9.79. The quantitative estimate of drug-likeness (QED) is 0.466. The van der Waals surface area contributed by atoms with Gasteiger partial charge in [0.1, 0.15) is 17.2 Å². The molecule has 9 heteroatoms. The van der Waals surface area contributed by atoms with E-state index in [4.69, 9.17) is 14.9 Å². The first-order chi connectivity index (χ1) is 16.5. The van der Waals surface area contributed by atoms with Crippen LogP contribution in [-0.2, 0) is 16.0 Å². The lowest BCUT2D eigenvalue weighted by molar-refractivity contribution is -0.112. The Balaban J connectivity index is 1.48. The first-order valence-electron chi connectivity index (χ1n) is 11.9. The Bertz CT molecular complexity index is 1070. The fourth-order valence-electron chi connectivity index (χ4n) is 5.26. The second kappa shape index (κ2) is 9.23. The summed E-state index contributed by atoms with van der Waals surface area (Å²) in [7, 11) is 2.16. The van der Waals surface area contributed by atoms with Crippen LogP contribution in [0.1, 0.15) is 18.9 Å². The third-order valence-corrected chi connectivity index (χ3v) is 7.23. The molecule has 2 atom stereocenters. The highest BCUT2D eigenvalue weighted by molar-refractivity contribution is 6.18. The number of carbonyl (C=O) groups is 1. The van der Waals surface area contributed by atoms with Gasteiger partial charge in [0.05, 0.1) is 30.2 Å². The minimum Gasteiger partial charge on any atom is -0.486 e. The average molecular weight is 465 g/mol. The number of carbonyl (C=O) groups excluding carboxylic acids is 1. The number of nitrogens with zero attached hydrogens (tertiary/aromatic N) is 3. The Morgan fingerprint density at radius 2 is 2.15 bits per heavy atom. The van der Waals surface area contributed by atoms with Gasteiger partial charge >= 0.3 is 0 Å². The molecule has 180 valence electrons. The van der Waals surface area contributed by atoms with E-state index in [-0.39, 0.29) is 17.1 Å². The van der Waals surface area contributed by atoms with Crippen LogP contribution in [0.25, 0.3) is 0 Å². The summed E-state index contributed by atoms with van der Waals surface area (Å²) in [4.78, 5) is 22.0. The molecule has 4 aliphatic rings. The molecular weight excluding hydrogens is 432 g/mol. The van der Waals surface area contributed by atoms with Crippen LogP contribution in [0.3, 0.4) is 0 Å². The minimum absolute atomic E-state index is 0.172. The number of hydrogen-bond acceptors (Lipinski definition) is 8. The predicted octanol–water partition coefficient (Wildman–Crippen LogP) is 2.16. The maximum absolute atomic E-state index is 13.2. The van der Waals surface area contributed by atoms with Crippen LogP contribution in [0.5, 0.6) is 5.75 Å². The molecule has 9 nitrogen and oxygen atoms in total. The molecule has 1 aromatic carbocycles. The Labute approximate surface area is 200 Å². The number of morpholine rings is 1. The van der Waals surface area contributed by atoms with E-state index in [1.165, 1.54) is 0 Å². The maximum Gasteiger partial charge on any atom is 0.261 e. The van der Waals surface area contributed by atoms with Gasteiger partial charge in [0.15, 0.2) is 0 Å². The first kappa shape index (κ1) is 22.6. The van der Waals surface area contributed by atoms with Crippen molar-refractivity contribution in [1.29, 1.82) is 5.41 Å². The van der Waals surface area contributed by atoms with E-state index in [0.717, 1.165) is 67.9 Å². The molecule has 0 aliphatic carbocycles. The number of piperidine rings is 1.